The number of carboxylic acids is 1. The first-order chi connectivity index (χ1) is 7.58. The molecule has 90 valence electrons. The van der Waals surface area contributed by atoms with Crippen LogP contribution in [0.15, 0.2) is 0 Å². The third-order valence-corrected chi connectivity index (χ3v) is 2.89. The van der Waals surface area contributed by atoms with Gasteiger partial charge in [-0.05, 0) is 0 Å². The predicted octanol–water partition coefficient (Wildman–Crippen LogP) is -1.63. The van der Waals surface area contributed by atoms with E-state index in [2.05, 4.69) is 0 Å². The molecule has 16 heavy (non-hydrogen) atoms. The van der Waals surface area contributed by atoms with Gasteiger partial charge in [-0.2, -0.15) is 0 Å². The first-order valence-electron chi connectivity index (χ1n) is 5.08. The number of likely N-dealkylation sites (tertiary alicyclic amines) is 1. The Morgan fingerprint density at radius 1 is 1.44 bits per heavy atom. The summed E-state index contributed by atoms with van der Waals surface area (Å²) < 4.78 is 10.8. The van der Waals surface area contributed by atoms with Crippen molar-refractivity contribution in [2.45, 2.75) is 18.2 Å². The van der Waals surface area contributed by atoms with Crippen LogP contribution in [-0.4, -0.2) is 60.0 Å². The van der Waals surface area contributed by atoms with E-state index in [4.69, 9.17) is 20.3 Å². The molecule has 7 heteroatoms. The van der Waals surface area contributed by atoms with Crippen LogP contribution in [0.4, 0.5) is 0 Å². The number of aliphatic carboxylic acids is 1. The summed E-state index contributed by atoms with van der Waals surface area (Å²) in [5.74, 6) is -2.39. The highest BCUT2D eigenvalue weighted by atomic mass is 16.7. The second-order valence-electron chi connectivity index (χ2n) is 3.89. The van der Waals surface area contributed by atoms with E-state index in [0.29, 0.717) is 13.2 Å². The Morgan fingerprint density at radius 3 is 2.56 bits per heavy atom. The second-order valence-corrected chi connectivity index (χ2v) is 3.89. The molecule has 3 N–H and O–H groups in total. The molecule has 1 spiro atoms. The Bertz CT molecular complexity index is 313. The van der Waals surface area contributed by atoms with Crippen LogP contribution in [0.3, 0.4) is 0 Å². The van der Waals surface area contributed by atoms with Gasteiger partial charge in [0.2, 0.25) is 5.91 Å². The lowest BCUT2D eigenvalue weighted by molar-refractivity contribution is -0.152. The maximum atomic E-state index is 11.5. The van der Waals surface area contributed by atoms with E-state index in [1.54, 1.807) is 0 Å². The molecular weight excluding hydrogens is 216 g/mol. The molecule has 0 bridgehead atoms. The number of hydrogen-bond donors (Lipinski definition) is 2. The molecule has 7 nitrogen and oxygen atoms in total. The topological polar surface area (TPSA) is 102 Å². The van der Waals surface area contributed by atoms with E-state index in [1.165, 1.54) is 4.90 Å². The Balaban J connectivity index is 2.17. The molecule has 2 fully saturated rings. The van der Waals surface area contributed by atoms with Crippen molar-refractivity contribution in [3.05, 3.63) is 0 Å². The SMILES string of the molecule is NCC(=O)N1CC2(CC1C(=O)O)OCCO2. The number of hydrogen-bond acceptors (Lipinski definition) is 5. The van der Waals surface area contributed by atoms with Gasteiger partial charge < -0.3 is 25.2 Å². The number of amides is 1. The number of carbonyl (C=O) groups excluding carboxylic acids is 1. The lowest BCUT2D eigenvalue weighted by Crippen LogP contribution is -2.44. The molecule has 0 aromatic rings. The van der Waals surface area contributed by atoms with Crippen LogP contribution in [0, 0.1) is 0 Å². The fourth-order valence-corrected chi connectivity index (χ4v) is 2.15. The van der Waals surface area contributed by atoms with Gasteiger partial charge in [0.05, 0.1) is 26.3 Å². The van der Waals surface area contributed by atoms with Gasteiger partial charge in [0.1, 0.15) is 6.04 Å². The second kappa shape index (κ2) is 4.00. The molecule has 0 aromatic heterocycles. The molecule has 1 unspecified atom stereocenters. The van der Waals surface area contributed by atoms with Crippen molar-refractivity contribution in [2.24, 2.45) is 5.73 Å². The summed E-state index contributed by atoms with van der Waals surface area (Å²) in [5, 5.41) is 9.03. The van der Waals surface area contributed by atoms with E-state index in [0.717, 1.165) is 0 Å². The molecule has 0 aliphatic carbocycles. The first-order valence-corrected chi connectivity index (χ1v) is 5.08. The highest BCUT2D eigenvalue weighted by Crippen LogP contribution is 2.34. The standard InChI is InChI=1S/C9H14N2O5/c10-4-7(12)11-5-9(15-1-2-16-9)3-6(11)8(13)14/h6H,1-5,10H2,(H,13,14). The van der Waals surface area contributed by atoms with E-state index in [-0.39, 0.29) is 19.5 Å². The van der Waals surface area contributed by atoms with Crippen molar-refractivity contribution in [3.63, 3.8) is 0 Å². The maximum absolute atomic E-state index is 11.5. The van der Waals surface area contributed by atoms with E-state index >= 15 is 0 Å². The summed E-state index contributed by atoms with van der Waals surface area (Å²) in [4.78, 5) is 23.7. The number of rotatable bonds is 2. The minimum absolute atomic E-state index is 0.139. The summed E-state index contributed by atoms with van der Waals surface area (Å²) in [5.41, 5.74) is 5.24. The number of carbonyl (C=O) groups is 2. The van der Waals surface area contributed by atoms with E-state index < -0.39 is 23.7 Å². The number of carboxylic acid groups (broad SMARTS) is 1. The zero-order chi connectivity index (χ0) is 11.8. The summed E-state index contributed by atoms with van der Waals surface area (Å²) >= 11 is 0. The third kappa shape index (κ3) is 1.77. The smallest absolute Gasteiger partial charge is 0.326 e. The van der Waals surface area contributed by atoms with Gasteiger partial charge in [0.15, 0.2) is 5.79 Å². The lowest BCUT2D eigenvalue weighted by atomic mass is 10.1. The predicted molar refractivity (Wildman–Crippen MR) is 51.4 cm³/mol. The lowest BCUT2D eigenvalue weighted by Gasteiger charge is -2.22. The van der Waals surface area contributed by atoms with Crippen molar-refractivity contribution in [3.8, 4) is 0 Å². The fourth-order valence-electron chi connectivity index (χ4n) is 2.15. The van der Waals surface area contributed by atoms with E-state index in [9.17, 15) is 9.59 Å². The normalized spacial score (nSPS) is 27.6. The summed E-state index contributed by atoms with van der Waals surface area (Å²) in [6, 6.07) is -0.908. The van der Waals surface area contributed by atoms with Crippen molar-refractivity contribution in [1.82, 2.24) is 4.90 Å². The molecule has 2 aliphatic heterocycles. The van der Waals surface area contributed by atoms with Crippen LogP contribution in [0.1, 0.15) is 6.42 Å². The third-order valence-electron chi connectivity index (χ3n) is 2.89. The fraction of sp³-hybridized carbons (Fsp3) is 0.778. The van der Waals surface area contributed by atoms with Crippen LogP contribution in [0.5, 0.6) is 0 Å². The van der Waals surface area contributed by atoms with Gasteiger partial charge in [-0.15, -0.1) is 0 Å². The van der Waals surface area contributed by atoms with Crippen LogP contribution in [0.2, 0.25) is 0 Å². The average Bonchev–Trinajstić information content (AvgIpc) is 2.86. The minimum atomic E-state index is -1.06. The number of ether oxygens (including phenoxy) is 2. The Morgan fingerprint density at radius 2 is 2.06 bits per heavy atom. The van der Waals surface area contributed by atoms with Gasteiger partial charge in [-0.25, -0.2) is 4.79 Å². The van der Waals surface area contributed by atoms with Gasteiger partial charge in [-0.3, -0.25) is 4.79 Å². The average molecular weight is 230 g/mol. The Kier molecular flexibility index (Phi) is 2.83. The quantitative estimate of drug-likeness (QED) is 0.590. The molecule has 0 radical (unpaired) electrons. The molecule has 1 atom stereocenters. The largest absolute Gasteiger partial charge is 0.480 e. The zero-order valence-corrected chi connectivity index (χ0v) is 8.72. The molecule has 1 amide bonds. The first kappa shape index (κ1) is 11.3. The van der Waals surface area contributed by atoms with Crippen LogP contribution >= 0.6 is 0 Å². The molecule has 2 heterocycles. The van der Waals surface area contributed by atoms with Crippen LogP contribution in [0.25, 0.3) is 0 Å². The molecule has 2 aliphatic rings. The monoisotopic (exact) mass is 230 g/mol. The number of nitrogens with two attached hydrogens (primary N) is 1. The molecule has 0 aromatic carbocycles. The summed E-state index contributed by atoms with van der Waals surface area (Å²) in [6.07, 6.45) is 0.161. The van der Waals surface area contributed by atoms with Gasteiger partial charge in [-0.1, -0.05) is 0 Å². The summed E-state index contributed by atoms with van der Waals surface area (Å²) in [6.45, 7) is 0.786. The van der Waals surface area contributed by atoms with Gasteiger partial charge in [0, 0.05) is 6.42 Å². The zero-order valence-electron chi connectivity index (χ0n) is 8.72. The van der Waals surface area contributed by atoms with Gasteiger partial charge >= 0.3 is 5.97 Å². The summed E-state index contributed by atoms with van der Waals surface area (Å²) in [7, 11) is 0. The van der Waals surface area contributed by atoms with Crippen molar-refractivity contribution < 1.29 is 24.2 Å². The van der Waals surface area contributed by atoms with Crippen molar-refractivity contribution in [1.29, 1.82) is 0 Å². The molecule has 2 rings (SSSR count). The van der Waals surface area contributed by atoms with Gasteiger partial charge in [0.25, 0.3) is 0 Å². The minimum Gasteiger partial charge on any atom is -0.480 e. The van der Waals surface area contributed by atoms with Crippen LogP contribution in [-0.2, 0) is 19.1 Å². The maximum Gasteiger partial charge on any atom is 0.326 e. The molecule has 0 saturated carbocycles. The molecule has 2 saturated heterocycles. The molecular formula is C9H14N2O5. The highest BCUT2D eigenvalue weighted by Gasteiger charge is 2.52. The Labute approximate surface area is 92.1 Å². The highest BCUT2D eigenvalue weighted by molar-refractivity contribution is 5.85. The van der Waals surface area contributed by atoms with Crippen molar-refractivity contribution in [2.75, 3.05) is 26.3 Å². The Hall–Kier alpha value is -1.18. The van der Waals surface area contributed by atoms with Crippen molar-refractivity contribution >= 4 is 11.9 Å². The number of nitrogens with zero attached hydrogens (tertiary/aromatic N) is 1. The van der Waals surface area contributed by atoms with Crippen LogP contribution < -0.4 is 5.73 Å². The van der Waals surface area contributed by atoms with E-state index in [1.807, 2.05) is 0 Å².